The lowest BCUT2D eigenvalue weighted by Gasteiger charge is -2.28. The maximum absolute atomic E-state index is 10.7. The van der Waals surface area contributed by atoms with Crippen LogP contribution in [0.15, 0.2) is 24.3 Å². The Bertz CT molecular complexity index is 521. The average Bonchev–Trinajstić information content (AvgIpc) is 3.18. The van der Waals surface area contributed by atoms with Gasteiger partial charge in [-0.15, -0.1) is 0 Å². The third-order valence-corrected chi connectivity index (χ3v) is 3.49. The summed E-state index contributed by atoms with van der Waals surface area (Å²) in [5.41, 5.74) is 1.94. The minimum Gasteiger partial charge on any atom is -0.478 e. The maximum Gasteiger partial charge on any atom is 0.328 e. The van der Waals surface area contributed by atoms with Gasteiger partial charge in [-0.1, -0.05) is 25.4 Å². The molecule has 1 aliphatic carbocycles. The molecule has 0 heterocycles. The van der Waals surface area contributed by atoms with E-state index in [9.17, 15) is 4.79 Å². The second-order valence-electron chi connectivity index (χ2n) is 5.65. The Morgan fingerprint density at radius 3 is 2.75 bits per heavy atom. The number of carbonyl (C=O) groups is 1. The quantitative estimate of drug-likeness (QED) is 0.804. The Labute approximate surface area is 124 Å². The van der Waals surface area contributed by atoms with Gasteiger partial charge in [-0.05, 0) is 48.6 Å². The molecule has 2 rings (SSSR count). The van der Waals surface area contributed by atoms with Crippen LogP contribution in [0.25, 0.3) is 6.08 Å². The van der Waals surface area contributed by atoms with E-state index in [1.54, 1.807) is 6.08 Å². The van der Waals surface area contributed by atoms with Crippen molar-refractivity contribution in [3.63, 3.8) is 0 Å². The number of benzene rings is 1. The maximum atomic E-state index is 10.7. The first kappa shape index (κ1) is 14.9. The van der Waals surface area contributed by atoms with Gasteiger partial charge in [0.2, 0.25) is 0 Å². The fraction of sp³-hybridized carbons (Fsp3) is 0.438. The van der Waals surface area contributed by atoms with Gasteiger partial charge in [0.1, 0.15) is 0 Å². The van der Waals surface area contributed by atoms with Crippen molar-refractivity contribution in [3.8, 4) is 0 Å². The zero-order valence-corrected chi connectivity index (χ0v) is 12.6. The zero-order valence-electron chi connectivity index (χ0n) is 11.8. The number of halogens is 1. The fourth-order valence-electron chi connectivity index (χ4n) is 2.31. The fourth-order valence-corrected chi connectivity index (χ4v) is 2.49. The average molecular weight is 294 g/mol. The molecule has 0 radical (unpaired) electrons. The van der Waals surface area contributed by atoms with Crippen molar-refractivity contribution in [3.05, 3.63) is 34.9 Å². The lowest BCUT2D eigenvalue weighted by molar-refractivity contribution is -0.131. The van der Waals surface area contributed by atoms with Crippen LogP contribution in [0.4, 0.5) is 5.69 Å². The van der Waals surface area contributed by atoms with Crippen molar-refractivity contribution in [2.45, 2.75) is 32.7 Å². The summed E-state index contributed by atoms with van der Waals surface area (Å²) in [6.45, 7) is 5.36. The van der Waals surface area contributed by atoms with Crippen molar-refractivity contribution in [1.82, 2.24) is 0 Å². The molecule has 1 aromatic carbocycles. The molecule has 1 aromatic rings. The number of carboxylic acids is 1. The van der Waals surface area contributed by atoms with Crippen molar-refractivity contribution < 1.29 is 9.90 Å². The Hall–Kier alpha value is -1.48. The monoisotopic (exact) mass is 293 g/mol. The largest absolute Gasteiger partial charge is 0.478 e. The lowest BCUT2D eigenvalue weighted by atomic mass is 10.1. The zero-order chi connectivity index (χ0) is 14.7. The first-order valence-corrected chi connectivity index (χ1v) is 7.32. The van der Waals surface area contributed by atoms with E-state index < -0.39 is 5.97 Å². The van der Waals surface area contributed by atoms with Crippen LogP contribution in [-0.4, -0.2) is 23.7 Å². The molecule has 0 bridgehead atoms. The van der Waals surface area contributed by atoms with E-state index >= 15 is 0 Å². The number of nitrogens with zero attached hydrogens (tertiary/aromatic N) is 1. The molecule has 1 fully saturated rings. The van der Waals surface area contributed by atoms with Crippen LogP contribution in [-0.2, 0) is 4.79 Å². The molecule has 0 amide bonds. The second kappa shape index (κ2) is 6.31. The van der Waals surface area contributed by atoms with Gasteiger partial charge in [-0.3, -0.25) is 0 Å². The van der Waals surface area contributed by atoms with Crippen molar-refractivity contribution in [1.29, 1.82) is 0 Å². The van der Waals surface area contributed by atoms with Gasteiger partial charge in [0.05, 0.1) is 0 Å². The van der Waals surface area contributed by atoms with Gasteiger partial charge in [0.15, 0.2) is 0 Å². The Kier molecular flexibility index (Phi) is 4.71. The molecule has 0 unspecified atom stereocenters. The molecule has 0 saturated heterocycles. The first-order valence-electron chi connectivity index (χ1n) is 6.94. The van der Waals surface area contributed by atoms with Crippen molar-refractivity contribution >= 4 is 29.3 Å². The summed E-state index contributed by atoms with van der Waals surface area (Å²) in [7, 11) is 0. The molecular formula is C16H20ClNO2. The minimum absolute atomic E-state index is 0.558. The predicted molar refractivity (Wildman–Crippen MR) is 83.3 cm³/mol. The van der Waals surface area contributed by atoms with E-state index in [0.29, 0.717) is 17.0 Å². The molecule has 1 saturated carbocycles. The van der Waals surface area contributed by atoms with Gasteiger partial charge < -0.3 is 10.0 Å². The number of anilines is 1. The van der Waals surface area contributed by atoms with Crippen LogP contribution in [0, 0.1) is 5.92 Å². The molecular weight excluding hydrogens is 274 g/mol. The third kappa shape index (κ3) is 4.01. The van der Waals surface area contributed by atoms with Crippen LogP contribution >= 0.6 is 11.6 Å². The highest BCUT2D eigenvalue weighted by atomic mass is 35.5. The molecule has 0 aliphatic heterocycles. The molecule has 3 nitrogen and oxygen atoms in total. The number of carboxylic acid groups (broad SMARTS) is 1. The van der Waals surface area contributed by atoms with E-state index in [4.69, 9.17) is 16.7 Å². The highest BCUT2D eigenvalue weighted by Crippen LogP contribution is 2.35. The second-order valence-corrected chi connectivity index (χ2v) is 6.09. The highest BCUT2D eigenvalue weighted by molar-refractivity contribution is 6.30. The van der Waals surface area contributed by atoms with Crippen LogP contribution in [0.3, 0.4) is 0 Å². The molecule has 1 N–H and O–H groups in total. The Morgan fingerprint density at radius 2 is 2.20 bits per heavy atom. The van der Waals surface area contributed by atoms with E-state index in [1.807, 2.05) is 18.2 Å². The molecule has 0 spiro atoms. The van der Waals surface area contributed by atoms with Gasteiger partial charge in [-0.25, -0.2) is 4.79 Å². The van der Waals surface area contributed by atoms with Crippen LogP contribution < -0.4 is 4.90 Å². The summed E-state index contributed by atoms with van der Waals surface area (Å²) >= 11 is 6.04. The summed E-state index contributed by atoms with van der Waals surface area (Å²) in [5.74, 6) is -0.389. The SMILES string of the molecule is CC(C)CN(c1ccc(Cl)cc1/C=C/C(=O)O)C1CC1. The Morgan fingerprint density at radius 1 is 1.50 bits per heavy atom. The Balaban J connectivity index is 2.34. The topological polar surface area (TPSA) is 40.5 Å². The van der Waals surface area contributed by atoms with Gasteiger partial charge in [-0.2, -0.15) is 0 Å². The molecule has 108 valence electrons. The summed E-state index contributed by atoms with van der Waals surface area (Å²) in [5, 5.41) is 9.43. The number of hydrogen-bond donors (Lipinski definition) is 1. The highest BCUT2D eigenvalue weighted by Gasteiger charge is 2.30. The normalized spacial score (nSPS) is 15.0. The standard InChI is InChI=1S/C16H20ClNO2/c1-11(2)10-18(14-5-6-14)15-7-4-13(17)9-12(15)3-8-16(19)20/h3-4,7-9,11,14H,5-6,10H2,1-2H3,(H,19,20)/b8-3+. The molecule has 0 atom stereocenters. The van der Waals surface area contributed by atoms with Crippen molar-refractivity contribution in [2.75, 3.05) is 11.4 Å². The van der Waals surface area contributed by atoms with E-state index in [2.05, 4.69) is 18.7 Å². The lowest BCUT2D eigenvalue weighted by Crippen LogP contribution is -2.30. The van der Waals surface area contributed by atoms with E-state index in [-0.39, 0.29) is 0 Å². The number of hydrogen-bond acceptors (Lipinski definition) is 2. The van der Waals surface area contributed by atoms with Crippen molar-refractivity contribution in [2.24, 2.45) is 5.92 Å². The predicted octanol–water partition coefficient (Wildman–Crippen LogP) is 4.06. The summed E-state index contributed by atoms with van der Waals surface area (Å²) in [6.07, 6.45) is 5.20. The van der Waals surface area contributed by atoms with Gasteiger partial charge >= 0.3 is 5.97 Å². The van der Waals surface area contributed by atoms with Crippen LogP contribution in [0.1, 0.15) is 32.3 Å². The molecule has 0 aromatic heterocycles. The van der Waals surface area contributed by atoms with E-state index in [0.717, 1.165) is 23.9 Å². The first-order chi connectivity index (χ1) is 9.47. The van der Waals surface area contributed by atoms with Gasteiger partial charge in [0, 0.05) is 29.4 Å². The minimum atomic E-state index is -0.947. The summed E-state index contributed by atoms with van der Waals surface area (Å²) in [6, 6.07) is 6.26. The molecule has 1 aliphatic rings. The number of rotatable bonds is 6. The van der Waals surface area contributed by atoms with Gasteiger partial charge in [0.25, 0.3) is 0 Å². The van der Waals surface area contributed by atoms with E-state index in [1.165, 1.54) is 12.8 Å². The summed E-state index contributed by atoms with van der Waals surface area (Å²) in [4.78, 5) is 13.1. The third-order valence-electron chi connectivity index (χ3n) is 3.25. The van der Waals surface area contributed by atoms with Crippen LogP contribution in [0.5, 0.6) is 0 Å². The molecule has 4 heteroatoms. The number of aliphatic carboxylic acids is 1. The summed E-state index contributed by atoms with van der Waals surface area (Å²) < 4.78 is 0. The smallest absolute Gasteiger partial charge is 0.328 e. The molecule has 20 heavy (non-hydrogen) atoms. The van der Waals surface area contributed by atoms with Crippen LogP contribution in [0.2, 0.25) is 5.02 Å².